The van der Waals surface area contributed by atoms with E-state index in [0.717, 1.165) is 5.39 Å². The molecule has 0 saturated heterocycles. The Morgan fingerprint density at radius 1 is 1.12 bits per heavy atom. The van der Waals surface area contributed by atoms with Gasteiger partial charge in [-0.25, -0.2) is 4.79 Å². The lowest BCUT2D eigenvalue weighted by Gasteiger charge is -2.10. The summed E-state index contributed by atoms with van der Waals surface area (Å²) in [5, 5.41) is 3.98. The third kappa shape index (κ3) is 3.80. The third-order valence-corrected chi connectivity index (χ3v) is 4.45. The van der Waals surface area contributed by atoms with E-state index in [1.54, 1.807) is 19.1 Å². The molecule has 0 saturated carbocycles. The molecule has 5 nitrogen and oxygen atoms in total. The zero-order chi connectivity index (χ0) is 18.8. The van der Waals surface area contributed by atoms with Crippen LogP contribution < -0.4 is 5.32 Å². The van der Waals surface area contributed by atoms with Crippen molar-refractivity contribution in [1.82, 2.24) is 0 Å². The van der Waals surface area contributed by atoms with E-state index in [-0.39, 0.29) is 21.5 Å². The molecular weight excluding hydrogens is 401 g/mol. The van der Waals surface area contributed by atoms with Gasteiger partial charge in [-0.05, 0) is 25.1 Å². The van der Waals surface area contributed by atoms with Gasteiger partial charge in [0.15, 0.2) is 6.61 Å². The van der Waals surface area contributed by atoms with Crippen molar-refractivity contribution in [3.63, 3.8) is 0 Å². The van der Waals surface area contributed by atoms with Gasteiger partial charge < -0.3 is 14.5 Å². The molecule has 0 fully saturated rings. The van der Waals surface area contributed by atoms with E-state index in [2.05, 4.69) is 5.32 Å². The fourth-order valence-electron chi connectivity index (χ4n) is 2.40. The van der Waals surface area contributed by atoms with E-state index >= 15 is 0 Å². The second kappa shape index (κ2) is 7.58. The number of furan rings is 1. The first-order chi connectivity index (χ1) is 12.4. The van der Waals surface area contributed by atoms with Gasteiger partial charge in [-0.3, -0.25) is 4.79 Å². The van der Waals surface area contributed by atoms with E-state index in [0.29, 0.717) is 16.2 Å². The monoisotopic (exact) mass is 411 g/mol. The maximum atomic E-state index is 12.2. The smallest absolute Gasteiger partial charge is 0.375 e. The van der Waals surface area contributed by atoms with Crippen LogP contribution in [0.15, 0.2) is 40.8 Å². The number of nitrogens with one attached hydrogen (secondary N) is 1. The number of carbonyl (C=O) groups excluding carboxylic acids is 2. The van der Waals surface area contributed by atoms with Crippen LogP contribution in [0.5, 0.6) is 0 Å². The molecule has 1 heterocycles. The first-order valence-corrected chi connectivity index (χ1v) is 8.60. The largest absolute Gasteiger partial charge is 0.450 e. The molecule has 134 valence electrons. The Kier molecular flexibility index (Phi) is 5.41. The van der Waals surface area contributed by atoms with Gasteiger partial charge in [0.2, 0.25) is 5.76 Å². The number of benzene rings is 2. The maximum Gasteiger partial charge on any atom is 0.375 e. The van der Waals surface area contributed by atoms with Gasteiger partial charge in [0, 0.05) is 16.0 Å². The van der Waals surface area contributed by atoms with Crippen molar-refractivity contribution in [2.45, 2.75) is 6.92 Å². The number of rotatable bonds is 4. The van der Waals surface area contributed by atoms with Crippen LogP contribution in [-0.4, -0.2) is 18.5 Å². The second-order valence-corrected chi connectivity index (χ2v) is 6.67. The molecule has 0 aliphatic rings. The first kappa shape index (κ1) is 18.6. The molecule has 0 aliphatic carbocycles. The highest BCUT2D eigenvalue weighted by Crippen LogP contribution is 2.33. The Bertz CT molecular complexity index is 990. The molecule has 8 heteroatoms. The number of carbonyl (C=O) groups is 2. The van der Waals surface area contributed by atoms with Crippen LogP contribution in [0.1, 0.15) is 16.1 Å². The number of hydrogen-bond donors (Lipinski definition) is 1. The number of fused-ring (bicyclic) bond motifs is 1. The van der Waals surface area contributed by atoms with Gasteiger partial charge >= 0.3 is 5.97 Å². The van der Waals surface area contributed by atoms with Crippen LogP contribution in [0.25, 0.3) is 11.0 Å². The van der Waals surface area contributed by atoms with Crippen molar-refractivity contribution in [2.75, 3.05) is 11.9 Å². The number of ether oxygens (including phenoxy) is 1. The molecule has 0 bridgehead atoms. The summed E-state index contributed by atoms with van der Waals surface area (Å²) in [6, 6.07) is 10.1. The van der Waals surface area contributed by atoms with E-state index < -0.39 is 18.5 Å². The summed E-state index contributed by atoms with van der Waals surface area (Å²) < 4.78 is 10.5. The second-order valence-electron chi connectivity index (χ2n) is 5.42. The minimum Gasteiger partial charge on any atom is -0.450 e. The van der Waals surface area contributed by atoms with Gasteiger partial charge in [0.05, 0.1) is 15.7 Å². The van der Waals surface area contributed by atoms with Crippen molar-refractivity contribution in [2.24, 2.45) is 0 Å². The zero-order valence-corrected chi connectivity index (χ0v) is 15.7. The summed E-state index contributed by atoms with van der Waals surface area (Å²) in [6.45, 7) is 1.22. The minimum atomic E-state index is -0.734. The molecule has 26 heavy (non-hydrogen) atoms. The fraction of sp³-hybridized carbons (Fsp3) is 0.111. The van der Waals surface area contributed by atoms with E-state index in [1.807, 2.05) is 12.1 Å². The van der Waals surface area contributed by atoms with Crippen molar-refractivity contribution >= 4 is 63.3 Å². The van der Waals surface area contributed by atoms with Gasteiger partial charge in [-0.1, -0.05) is 53.0 Å². The average Bonchev–Trinajstić information content (AvgIpc) is 2.93. The first-order valence-electron chi connectivity index (χ1n) is 7.46. The molecule has 0 radical (unpaired) electrons. The summed E-state index contributed by atoms with van der Waals surface area (Å²) >= 11 is 17.8. The lowest BCUT2D eigenvalue weighted by molar-refractivity contribution is -0.119. The third-order valence-electron chi connectivity index (χ3n) is 3.63. The van der Waals surface area contributed by atoms with Crippen molar-refractivity contribution < 1.29 is 18.7 Å². The number of para-hydroxylation sites is 1. The molecule has 0 spiro atoms. The van der Waals surface area contributed by atoms with Gasteiger partial charge in [0.25, 0.3) is 5.91 Å². The predicted octanol–water partition coefficient (Wildman–Crippen LogP) is 5.50. The summed E-state index contributed by atoms with van der Waals surface area (Å²) in [5.74, 6) is -1.28. The van der Waals surface area contributed by atoms with Gasteiger partial charge in [-0.15, -0.1) is 0 Å². The summed E-state index contributed by atoms with van der Waals surface area (Å²) in [7, 11) is 0. The standard InChI is InChI=1S/C18H12Cl3NO4/c1-9-11-4-2-3-5-14(11)26-17(9)18(24)25-8-15(23)22-16-12(20)6-10(19)7-13(16)21/h2-7H,8H2,1H3,(H,22,23). The zero-order valence-electron chi connectivity index (χ0n) is 13.4. The van der Waals surface area contributed by atoms with Crippen LogP contribution >= 0.6 is 34.8 Å². The number of amides is 1. The lowest BCUT2D eigenvalue weighted by Crippen LogP contribution is -2.21. The normalized spacial score (nSPS) is 10.8. The molecule has 2 aromatic carbocycles. The van der Waals surface area contributed by atoms with E-state index in [1.165, 1.54) is 12.1 Å². The molecule has 3 rings (SSSR count). The molecule has 1 N–H and O–H groups in total. The molecule has 3 aromatic rings. The highest BCUT2D eigenvalue weighted by Gasteiger charge is 2.20. The Hall–Kier alpha value is -2.21. The summed E-state index contributed by atoms with van der Waals surface area (Å²) in [5.41, 5.74) is 1.41. The number of halogens is 3. The fourth-order valence-corrected chi connectivity index (χ4v) is 3.31. The molecule has 0 aliphatic heterocycles. The average molecular weight is 413 g/mol. The van der Waals surface area contributed by atoms with Gasteiger partial charge in [-0.2, -0.15) is 0 Å². The van der Waals surface area contributed by atoms with Crippen molar-refractivity contribution in [1.29, 1.82) is 0 Å². The van der Waals surface area contributed by atoms with Crippen LogP contribution in [0, 0.1) is 6.92 Å². The van der Waals surface area contributed by atoms with Crippen LogP contribution in [0.3, 0.4) is 0 Å². The van der Waals surface area contributed by atoms with E-state index in [9.17, 15) is 9.59 Å². The molecule has 1 amide bonds. The molecular formula is C18H12Cl3NO4. The SMILES string of the molecule is Cc1c(C(=O)OCC(=O)Nc2c(Cl)cc(Cl)cc2Cl)oc2ccccc12. The van der Waals surface area contributed by atoms with Crippen molar-refractivity contribution in [3.8, 4) is 0 Å². The lowest BCUT2D eigenvalue weighted by atomic mass is 10.1. The number of anilines is 1. The summed E-state index contributed by atoms with van der Waals surface area (Å²) in [4.78, 5) is 24.2. The number of aryl methyl sites for hydroxylation is 1. The van der Waals surface area contributed by atoms with Crippen LogP contribution in [0.4, 0.5) is 5.69 Å². The highest BCUT2D eigenvalue weighted by atomic mass is 35.5. The summed E-state index contributed by atoms with van der Waals surface area (Å²) in [6.07, 6.45) is 0. The molecule has 1 aromatic heterocycles. The quantitative estimate of drug-likeness (QED) is 0.575. The topological polar surface area (TPSA) is 68.5 Å². The Labute approximate surface area is 163 Å². The molecule has 0 unspecified atom stereocenters. The number of hydrogen-bond acceptors (Lipinski definition) is 4. The maximum absolute atomic E-state index is 12.2. The number of esters is 1. The van der Waals surface area contributed by atoms with Crippen LogP contribution in [0.2, 0.25) is 15.1 Å². The Morgan fingerprint density at radius 3 is 2.42 bits per heavy atom. The van der Waals surface area contributed by atoms with E-state index in [4.69, 9.17) is 44.0 Å². The minimum absolute atomic E-state index is 0.0570. The van der Waals surface area contributed by atoms with Crippen molar-refractivity contribution in [3.05, 3.63) is 62.8 Å². The van der Waals surface area contributed by atoms with Gasteiger partial charge in [0.1, 0.15) is 5.58 Å². The molecule has 0 atom stereocenters. The predicted molar refractivity (Wildman–Crippen MR) is 101 cm³/mol. The van der Waals surface area contributed by atoms with Crippen LogP contribution in [-0.2, 0) is 9.53 Å². The Balaban J connectivity index is 1.67. The Morgan fingerprint density at radius 2 is 1.77 bits per heavy atom. The highest BCUT2D eigenvalue weighted by molar-refractivity contribution is 6.42.